The van der Waals surface area contributed by atoms with E-state index in [1.54, 1.807) is 24.3 Å². The molecule has 1 aliphatic heterocycles. The number of benzene rings is 1. The topological polar surface area (TPSA) is 95.7 Å². The molecule has 20 heavy (non-hydrogen) atoms. The highest BCUT2D eigenvalue weighted by atomic mass is 16.3. The van der Waals surface area contributed by atoms with Crippen LogP contribution in [0.1, 0.15) is 23.2 Å². The van der Waals surface area contributed by atoms with Crippen LogP contribution >= 0.6 is 0 Å². The van der Waals surface area contributed by atoms with Gasteiger partial charge in [0, 0.05) is 17.3 Å². The van der Waals surface area contributed by atoms with E-state index in [2.05, 4.69) is 5.32 Å². The molecule has 0 aromatic heterocycles. The molecule has 1 atom stereocenters. The molecule has 4 N–H and O–H groups in total. The third kappa shape index (κ3) is 3.55. The Labute approximate surface area is 117 Å². The first-order valence-electron chi connectivity index (χ1n) is 6.65. The maximum absolute atomic E-state index is 11.9. The van der Waals surface area contributed by atoms with Gasteiger partial charge in [0.1, 0.15) is 0 Å². The van der Waals surface area contributed by atoms with Crippen LogP contribution in [0.25, 0.3) is 0 Å². The van der Waals surface area contributed by atoms with Crippen molar-refractivity contribution >= 4 is 17.5 Å². The van der Waals surface area contributed by atoms with Gasteiger partial charge in [-0.2, -0.15) is 0 Å². The number of likely N-dealkylation sites (tertiary alicyclic amines) is 1. The maximum Gasteiger partial charge on any atom is 0.248 e. The van der Waals surface area contributed by atoms with Crippen LogP contribution in [0.4, 0.5) is 5.69 Å². The van der Waals surface area contributed by atoms with Gasteiger partial charge in [-0.15, -0.1) is 0 Å². The Morgan fingerprint density at radius 2 is 2.05 bits per heavy atom. The van der Waals surface area contributed by atoms with E-state index < -0.39 is 5.91 Å². The molecule has 0 bridgehead atoms. The van der Waals surface area contributed by atoms with E-state index in [0.29, 0.717) is 11.3 Å². The first-order valence-corrected chi connectivity index (χ1v) is 6.65. The molecule has 1 aromatic carbocycles. The Balaban J connectivity index is 1.89. The first kappa shape index (κ1) is 14.5. The Morgan fingerprint density at radius 3 is 2.65 bits per heavy atom. The number of primary amides is 1. The van der Waals surface area contributed by atoms with E-state index in [-0.39, 0.29) is 25.1 Å². The normalized spacial score (nSPS) is 18.9. The van der Waals surface area contributed by atoms with Gasteiger partial charge < -0.3 is 16.2 Å². The maximum atomic E-state index is 11.9. The van der Waals surface area contributed by atoms with Gasteiger partial charge in [0.05, 0.1) is 13.2 Å². The van der Waals surface area contributed by atoms with E-state index in [1.165, 1.54) is 0 Å². The summed E-state index contributed by atoms with van der Waals surface area (Å²) in [6, 6.07) is 6.52. The highest BCUT2D eigenvalue weighted by molar-refractivity contribution is 5.95. The van der Waals surface area contributed by atoms with E-state index in [0.717, 1.165) is 19.4 Å². The quantitative estimate of drug-likeness (QED) is 0.715. The zero-order chi connectivity index (χ0) is 14.5. The summed E-state index contributed by atoms with van der Waals surface area (Å²) in [7, 11) is 0. The van der Waals surface area contributed by atoms with Crippen LogP contribution in [0.15, 0.2) is 24.3 Å². The predicted molar refractivity (Wildman–Crippen MR) is 75.3 cm³/mol. The monoisotopic (exact) mass is 277 g/mol. The summed E-state index contributed by atoms with van der Waals surface area (Å²) in [5.41, 5.74) is 6.18. The van der Waals surface area contributed by atoms with Crippen molar-refractivity contribution in [1.82, 2.24) is 4.90 Å². The number of anilines is 1. The number of hydrogen-bond acceptors (Lipinski definition) is 4. The second-order valence-electron chi connectivity index (χ2n) is 4.94. The number of nitrogens with one attached hydrogen (secondary N) is 1. The van der Waals surface area contributed by atoms with Crippen molar-refractivity contribution in [3.8, 4) is 0 Å². The molecule has 0 spiro atoms. The minimum absolute atomic E-state index is 0.0815. The van der Waals surface area contributed by atoms with Crippen molar-refractivity contribution in [3.05, 3.63) is 29.8 Å². The summed E-state index contributed by atoms with van der Waals surface area (Å²) in [5, 5.41) is 12.0. The number of nitrogens with zero attached hydrogens (tertiary/aromatic N) is 1. The fraction of sp³-hybridized carbons (Fsp3) is 0.429. The molecule has 6 nitrogen and oxygen atoms in total. The van der Waals surface area contributed by atoms with Crippen LogP contribution in [-0.4, -0.2) is 47.6 Å². The number of carbonyl (C=O) groups excluding carboxylic acids is 2. The van der Waals surface area contributed by atoms with Crippen LogP contribution in [-0.2, 0) is 4.79 Å². The molecule has 108 valence electrons. The number of aliphatic hydroxyl groups is 1. The molecule has 1 aromatic rings. The average molecular weight is 277 g/mol. The summed E-state index contributed by atoms with van der Waals surface area (Å²) in [6.45, 7) is 1.18. The Hall–Kier alpha value is -1.92. The number of amides is 2. The molecular weight excluding hydrogens is 258 g/mol. The molecule has 2 amide bonds. The van der Waals surface area contributed by atoms with Crippen molar-refractivity contribution in [2.75, 3.05) is 25.0 Å². The van der Waals surface area contributed by atoms with Gasteiger partial charge in [-0.25, -0.2) is 0 Å². The number of carbonyl (C=O) groups is 2. The Bertz CT molecular complexity index is 487. The molecule has 1 aliphatic rings. The van der Waals surface area contributed by atoms with E-state index in [9.17, 15) is 14.7 Å². The Morgan fingerprint density at radius 1 is 1.35 bits per heavy atom. The third-order valence-electron chi connectivity index (χ3n) is 3.51. The lowest BCUT2D eigenvalue weighted by Gasteiger charge is -2.21. The molecule has 1 fully saturated rings. The second-order valence-corrected chi connectivity index (χ2v) is 4.94. The van der Waals surface area contributed by atoms with Gasteiger partial charge in [0.25, 0.3) is 0 Å². The summed E-state index contributed by atoms with van der Waals surface area (Å²) in [6.07, 6.45) is 1.93. The van der Waals surface area contributed by atoms with Crippen LogP contribution in [0.5, 0.6) is 0 Å². The van der Waals surface area contributed by atoms with Gasteiger partial charge in [-0.3, -0.25) is 14.5 Å². The lowest BCUT2D eigenvalue weighted by Crippen LogP contribution is -2.38. The van der Waals surface area contributed by atoms with Crippen molar-refractivity contribution in [2.45, 2.75) is 18.9 Å². The van der Waals surface area contributed by atoms with E-state index >= 15 is 0 Å². The largest absolute Gasteiger partial charge is 0.395 e. The van der Waals surface area contributed by atoms with E-state index in [1.807, 2.05) is 4.90 Å². The van der Waals surface area contributed by atoms with Crippen LogP contribution in [0.2, 0.25) is 0 Å². The molecule has 0 aliphatic carbocycles. The number of rotatable bonds is 5. The minimum Gasteiger partial charge on any atom is -0.395 e. The van der Waals surface area contributed by atoms with Crippen molar-refractivity contribution in [1.29, 1.82) is 0 Å². The first-order chi connectivity index (χ1) is 9.60. The molecule has 1 saturated heterocycles. The number of nitrogens with two attached hydrogens (primary N) is 1. The van der Waals surface area contributed by atoms with Crippen LogP contribution < -0.4 is 11.1 Å². The van der Waals surface area contributed by atoms with E-state index in [4.69, 9.17) is 5.73 Å². The number of aliphatic hydroxyl groups excluding tert-OH is 1. The average Bonchev–Trinajstić information content (AvgIpc) is 2.86. The van der Waals surface area contributed by atoms with Crippen LogP contribution in [0.3, 0.4) is 0 Å². The predicted octanol–water partition coefficient (Wildman–Crippen LogP) is 0.181. The van der Waals surface area contributed by atoms with Crippen LogP contribution in [0, 0.1) is 0 Å². The van der Waals surface area contributed by atoms with Gasteiger partial charge in [-0.1, -0.05) is 0 Å². The zero-order valence-corrected chi connectivity index (χ0v) is 11.2. The summed E-state index contributed by atoms with van der Waals surface area (Å²) in [5.74, 6) is -0.622. The fourth-order valence-electron chi connectivity index (χ4n) is 2.41. The third-order valence-corrected chi connectivity index (χ3v) is 3.51. The SMILES string of the molecule is NC(=O)c1ccc(NC(=O)CN2CCC[C@H]2CO)cc1. The standard InChI is InChI=1S/C14H19N3O3/c15-14(20)10-3-5-11(6-4-10)16-13(19)8-17-7-1-2-12(17)9-18/h3-6,12,18H,1-2,7-9H2,(H2,15,20)(H,16,19)/t12-/m0/s1. The molecule has 0 radical (unpaired) electrons. The second kappa shape index (κ2) is 6.49. The van der Waals surface area contributed by atoms with Crippen molar-refractivity contribution in [3.63, 3.8) is 0 Å². The van der Waals surface area contributed by atoms with Gasteiger partial charge in [-0.05, 0) is 43.7 Å². The van der Waals surface area contributed by atoms with Gasteiger partial charge in [0.2, 0.25) is 11.8 Å². The molecule has 2 rings (SSSR count). The highest BCUT2D eigenvalue weighted by Gasteiger charge is 2.25. The van der Waals surface area contributed by atoms with Gasteiger partial charge >= 0.3 is 0 Å². The Kier molecular flexibility index (Phi) is 4.70. The molecule has 1 heterocycles. The minimum atomic E-state index is -0.495. The van der Waals surface area contributed by atoms with Crippen molar-refractivity contribution in [2.24, 2.45) is 5.73 Å². The summed E-state index contributed by atoms with van der Waals surface area (Å²) < 4.78 is 0. The lowest BCUT2D eigenvalue weighted by atomic mass is 10.2. The molecular formula is C14H19N3O3. The smallest absolute Gasteiger partial charge is 0.248 e. The van der Waals surface area contributed by atoms with Crippen molar-refractivity contribution < 1.29 is 14.7 Å². The zero-order valence-electron chi connectivity index (χ0n) is 11.2. The highest BCUT2D eigenvalue weighted by Crippen LogP contribution is 2.16. The number of hydrogen-bond donors (Lipinski definition) is 3. The molecule has 6 heteroatoms. The summed E-state index contributed by atoms with van der Waals surface area (Å²) >= 11 is 0. The molecule has 0 saturated carbocycles. The fourth-order valence-corrected chi connectivity index (χ4v) is 2.41. The van der Waals surface area contributed by atoms with Gasteiger partial charge in [0.15, 0.2) is 0 Å². The lowest BCUT2D eigenvalue weighted by molar-refractivity contribution is -0.117. The molecule has 0 unspecified atom stereocenters. The summed E-state index contributed by atoms with van der Waals surface area (Å²) in [4.78, 5) is 24.8.